The van der Waals surface area contributed by atoms with E-state index in [1.807, 2.05) is 6.07 Å². The molecule has 0 amide bonds. The van der Waals surface area contributed by atoms with E-state index in [9.17, 15) is 13.2 Å². The molecule has 6 heteroatoms. The quantitative estimate of drug-likeness (QED) is 0.735. The first-order chi connectivity index (χ1) is 6.99. The average molecular weight is 232 g/mol. The fraction of sp³-hybridized carbons (Fsp3) is 0.333. The number of halogens is 3. The van der Waals surface area contributed by atoms with E-state index in [1.54, 1.807) is 6.92 Å². The number of nitrogens with zero attached hydrogens (tertiary/aromatic N) is 2. The Balaban J connectivity index is 3.17. The summed E-state index contributed by atoms with van der Waals surface area (Å²) in [5.41, 5.74) is -0.785. The second kappa shape index (κ2) is 4.53. The number of hydrogen-bond donors (Lipinski definition) is 0. The van der Waals surface area contributed by atoms with Crippen molar-refractivity contribution in [1.29, 1.82) is 5.26 Å². The molecule has 0 saturated heterocycles. The van der Waals surface area contributed by atoms with E-state index in [2.05, 4.69) is 4.98 Å². The first-order valence-corrected chi connectivity index (χ1v) is 5.08. The summed E-state index contributed by atoms with van der Waals surface area (Å²) >= 11 is 1.12. The van der Waals surface area contributed by atoms with Crippen LogP contribution < -0.4 is 0 Å². The molecule has 0 spiro atoms. The molecular formula is C9H7F3N2S. The van der Waals surface area contributed by atoms with E-state index >= 15 is 0 Å². The van der Waals surface area contributed by atoms with Gasteiger partial charge in [-0.15, -0.1) is 11.8 Å². The van der Waals surface area contributed by atoms with E-state index in [0.29, 0.717) is 5.75 Å². The number of pyridine rings is 1. The Morgan fingerprint density at radius 2 is 2.13 bits per heavy atom. The molecule has 1 aromatic heterocycles. The number of rotatable bonds is 2. The zero-order chi connectivity index (χ0) is 11.5. The van der Waals surface area contributed by atoms with Gasteiger partial charge in [0.05, 0.1) is 5.56 Å². The lowest BCUT2D eigenvalue weighted by Gasteiger charge is -2.07. The number of hydrogen-bond acceptors (Lipinski definition) is 3. The van der Waals surface area contributed by atoms with Gasteiger partial charge in [0.1, 0.15) is 16.8 Å². The van der Waals surface area contributed by atoms with Crippen molar-refractivity contribution in [2.45, 2.75) is 18.1 Å². The van der Waals surface area contributed by atoms with Gasteiger partial charge in [0.2, 0.25) is 0 Å². The Morgan fingerprint density at radius 1 is 1.47 bits per heavy atom. The summed E-state index contributed by atoms with van der Waals surface area (Å²) in [7, 11) is 0. The third-order valence-corrected chi connectivity index (χ3v) is 2.43. The highest BCUT2D eigenvalue weighted by atomic mass is 32.2. The molecule has 80 valence electrons. The van der Waals surface area contributed by atoms with Gasteiger partial charge in [-0.3, -0.25) is 0 Å². The van der Waals surface area contributed by atoms with Gasteiger partial charge in [0.25, 0.3) is 0 Å². The van der Waals surface area contributed by atoms with Crippen molar-refractivity contribution in [3.8, 4) is 6.07 Å². The highest BCUT2D eigenvalue weighted by Crippen LogP contribution is 2.30. The highest BCUT2D eigenvalue weighted by molar-refractivity contribution is 7.99. The molecule has 1 rings (SSSR count). The van der Waals surface area contributed by atoms with Gasteiger partial charge in [-0.1, -0.05) is 6.92 Å². The molecule has 0 aromatic carbocycles. The molecule has 1 aromatic rings. The summed E-state index contributed by atoms with van der Waals surface area (Å²) in [5, 5.41) is 8.79. The summed E-state index contributed by atoms with van der Waals surface area (Å²) in [6.45, 7) is 1.79. The first-order valence-electron chi connectivity index (χ1n) is 4.10. The largest absolute Gasteiger partial charge is 0.433 e. The van der Waals surface area contributed by atoms with Crippen molar-refractivity contribution in [2.75, 3.05) is 5.75 Å². The number of aromatic nitrogens is 1. The molecule has 0 radical (unpaired) electrons. The minimum Gasteiger partial charge on any atom is -0.236 e. The fourth-order valence-corrected chi connectivity index (χ4v) is 1.64. The van der Waals surface area contributed by atoms with E-state index in [1.165, 1.54) is 0 Å². The van der Waals surface area contributed by atoms with Crippen LogP contribution in [0, 0.1) is 11.3 Å². The van der Waals surface area contributed by atoms with Gasteiger partial charge in [-0.2, -0.15) is 18.4 Å². The Bertz CT molecular complexity index is 395. The van der Waals surface area contributed by atoms with E-state index in [0.717, 1.165) is 23.9 Å². The Labute approximate surface area is 89.1 Å². The van der Waals surface area contributed by atoms with E-state index < -0.39 is 11.9 Å². The lowest BCUT2D eigenvalue weighted by Crippen LogP contribution is -2.08. The van der Waals surface area contributed by atoms with Gasteiger partial charge in [0.15, 0.2) is 0 Å². The molecule has 0 unspecified atom stereocenters. The second-order valence-electron chi connectivity index (χ2n) is 2.59. The topological polar surface area (TPSA) is 36.7 Å². The molecule has 0 aliphatic heterocycles. The van der Waals surface area contributed by atoms with Gasteiger partial charge in [-0.05, 0) is 17.9 Å². The van der Waals surface area contributed by atoms with Crippen LogP contribution in [-0.4, -0.2) is 10.7 Å². The van der Waals surface area contributed by atoms with Gasteiger partial charge < -0.3 is 0 Å². The zero-order valence-corrected chi connectivity index (χ0v) is 8.61. The molecule has 0 bridgehead atoms. The van der Waals surface area contributed by atoms with Crippen LogP contribution in [-0.2, 0) is 6.18 Å². The lowest BCUT2D eigenvalue weighted by molar-refractivity contribution is -0.141. The zero-order valence-electron chi connectivity index (χ0n) is 7.80. The maximum Gasteiger partial charge on any atom is 0.433 e. The van der Waals surface area contributed by atoms with E-state index in [4.69, 9.17) is 5.26 Å². The van der Waals surface area contributed by atoms with Crippen molar-refractivity contribution in [3.05, 3.63) is 23.4 Å². The number of nitriles is 1. The van der Waals surface area contributed by atoms with Crippen molar-refractivity contribution >= 4 is 11.8 Å². The van der Waals surface area contributed by atoms with Crippen LogP contribution in [0.15, 0.2) is 17.2 Å². The summed E-state index contributed by atoms with van der Waals surface area (Å²) in [4.78, 5) is 3.42. The molecule has 0 fully saturated rings. The van der Waals surface area contributed by atoms with Gasteiger partial charge in [-0.25, -0.2) is 4.98 Å². The molecule has 1 heterocycles. The normalized spacial score (nSPS) is 11.1. The smallest absolute Gasteiger partial charge is 0.236 e. The molecule has 0 aliphatic rings. The maximum atomic E-state index is 12.3. The molecule has 0 N–H and O–H groups in total. The maximum absolute atomic E-state index is 12.3. The Hall–Kier alpha value is -1.22. The first kappa shape index (κ1) is 11.9. The van der Waals surface area contributed by atoms with E-state index in [-0.39, 0.29) is 10.6 Å². The minimum atomic E-state index is -4.46. The third-order valence-electron chi connectivity index (χ3n) is 1.55. The van der Waals surface area contributed by atoms with Crippen LogP contribution in [0.4, 0.5) is 13.2 Å². The van der Waals surface area contributed by atoms with Crippen LogP contribution in [0.3, 0.4) is 0 Å². The van der Waals surface area contributed by atoms with Crippen LogP contribution >= 0.6 is 11.8 Å². The van der Waals surface area contributed by atoms with Crippen molar-refractivity contribution < 1.29 is 13.2 Å². The van der Waals surface area contributed by atoms with Crippen LogP contribution in [0.5, 0.6) is 0 Å². The summed E-state index contributed by atoms with van der Waals surface area (Å²) < 4.78 is 36.9. The van der Waals surface area contributed by atoms with Crippen molar-refractivity contribution in [3.63, 3.8) is 0 Å². The SMILES string of the molecule is CCSc1nc(C(F)(F)F)ccc1C#N. The summed E-state index contributed by atoms with van der Waals surface area (Å²) in [6, 6.07) is 3.77. The number of thioether (sulfide) groups is 1. The number of alkyl halides is 3. The fourth-order valence-electron chi connectivity index (χ4n) is 0.930. The Kier molecular flexibility index (Phi) is 3.58. The molecule has 0 atom stereocenters. The molecular weight excluding hydrogens is 225 g/mol. The van der Waals surface area contributed by atoms with Gasteiger partial charge >= 0.3 is 6.18 Å². The highest BCUT2D eigenvalue weighted by Gasteiger charge is 2.33. The monoisotopic (exact) mass is 232 g/mol. The molecule has 0 saturated carbocycles. The predicted octanol–water partition coefficient (Wildman–Crippen LogP) is 3.08. The van der Waals surface area contributed by atoms with Gasteiger partial charge in [0, 0.05) is 0 Å². The minimum absolute atomic E-state index is 0.134. The summed E-state index contributed by atoms with van der Waals surface area (Å²) in [5.74, 6) is 0.572. The van der Waals surface area contributed by atoms with Crippen molar-refractivity contribution in [1.82, 2.24) is 4.98 Å². The lowest BCUT2D eigenvalue weighted by atomic mass is 10.2. The predicted molar refractivity (Wildman–Crippen MR) is 50.4 cm³/mol. The molecule has 0 aliphatic carbocycles. The average Bonchev–Trinajstić information content (AvgIpc) is 2.17. The standard InChI is InChI=1S/C9H7F3N2S/c1-2-15-8-6(5-13)3-4-7(14-8)9(10,11)12/h3-4H,2H2,1H3. The van der Waals surface area contributed by atoms with Crippen LogP contribution in [0.2, 0.25) is 0 Å². The molecule has 15 heavy (non-hydrogen) atoms. The Morgan fingerprint density at radius 3 is 2.60 bits per heavy atom. The third kappa shape index (κ3) is 2.86. The molecule has 2 nitrogen and oxygen atoms in total. The van der Waals surface area contributed by atoms with Crippen LogP contribution in [0.1, 0.15) is 18.2 Å². The second-order valence-corrected chi connectivity index (χ2v) is 3.84. The van der Waals surface area contributed by atoms with Crippen molar-refractivity contribution in [2.24, 2.45) is 0 Å². The summed E-state index contributed by atoms with van der Waals surface area (Å²) in [6.07, 6.45) is -4.46. The van der Waals surface area contributed by atoms with Crippen LogP contribution in [0.25, 0.3) is 0 Å².